The molecule has 1 saturated heterocycles. The average Bonchev–Trinajstić information content (AvgIpc) is 2.57. The van der Waals surface area contributed by atoms with E-state index in [1.165, 1.54) is 32.1 Å². The largest absolute Gasteiger partial charge is 0.377 e. The molecule has 1 aliphatic carbocycles. The Morgan fingerprint density at radius 3 is 2.46 bits per heavy atom. The molecule has 1 saturated carbocycles. The van der Waals surface area contributed by atoms with Crippen molar-refractivity contribution in [2.75, 3.05) is 25.1 Å². The van der Waals surface area contributed by atoms with Crippen molar-refractivity contribution in [3.8, 4) is 0 Å². The molecule has 0 atom stereocenters. The van der Waals surface area contributed by atoms with Crippen LogP contribution in [0.4, 0.5) is 14.7 Å². The molecule has 2 aliphatic rings. The van der Waals surface area contributed by atoms with E-state index in [-0.39, 0.29) is 19.3 Å². The van der Waals surface area contributed by atoms with Crippen molar-refractivity contribution >= 4 is 11.9 Å². The molecule has 3 rings (SSSR count). The molecule has 0 radical (unpaired) electrons. The molecule has 1 aromatic heterocycles. The predicted octanol–water partition coefficient (Wildman–Crippen LogP) is 2.08. The van der Waals surface area contributed by atoms with Gasteiger partial charge < -0.3 is 15.4 Å². The monoisotopic (exact) mass is 340 g/mol. The standard InChI is InChI=1S/C16H22F2N4O2/c17-16(18,14(23)22-13-9-24-10-13)12-7-20-15(21-8-12)19-6-11-4-2-1-3-5-11/h7-8,11,13H,1-6,9-10H2,(H,22,23)(H,19,20,21). The first-order valence-corrected chi connectivity index (χ1v) is 8.38. The molecular formula is C16H22F2N4O2. The van der Waals surface area contributed by atoms with Crippen molar-refractivity contribution in [3.63, 3.8) is 0 Å². The van der Waals surface area contributed by atoms with Crippen LogP contribution in [0.2, 0.25) is 0 Å². The minimum absolute atomic E-state index is 0.266. The molecule has 2 fully saturated rings. The Morgan fingerprint density at radius 2 is 1.88 bits per heavy atom. The average molecular weight is 340 g/mol. The highest BCUT2D eigenvalue weighted by atomic mass is 19.3. The van der Waals surface area contributed by atoms with Crippen molar-refractivity contribution in [2.45, 2.75) is 44.1 Å². The van der Waals surface area contributed by atoms with Crippen molar-refractivity contribution in [1.82, 2.24) is 15.3 Å². The van der Waals surface area contributed by atoms with Gasteiger partial charge in [-0.2, -0.15) is 8.78 Å². The lowest BCUT2D eigenvalue weighted by Gasteiger charge is -2.28. The van der Waals surface area contributed by atoms with Crippen LogP contribution in [-0.2, 0) is 15.5 Å². The topological polar surface area (TPSA) is 76.1 Å². The normalized spacial score (nSPS) is 19.6. The van der Waals surface area contributed by atoms with E-state index in [1.54, 1.807) is 0 Å². The first-order valence-electron chi connectivity index (χ1n) is 8.38. The van der Waals surface area contributed by atoms with Gasteiger partial charge in [-0.15, -0.1) is 0 Å². The van der Waals surface area contributed by atoms with Crippen molar-refractivity contribution < 1.29 is 18.3 Å². The number of hydrogen-bond acceptors (Lipinski definition) is 5. The molecule has 6 nitrogen and oxygen atoms in total. The second kappa shape index (κ2) is 7.38. The van der Waals surface area contributed by atoms with Crippen LogP contribution in [0.5, 0.6) is 0 Å². The van der Waals surface area contributed by atoms with Gasteiger partial charge in [0.25, 0.3) is 5.91 Å². The van der Waals surface area contributed by atoms with E-state index in [0.717, 1.165) is 18.9 Å². The van der Waals surface area contributed by atoms with Gasteiger partial charge in [0, 0.05) is 18.9 Å². The van der Waals surface area contributed by atoms with Gasteiger partial charge in [0.2, 0.25) is 5.95 Å². The number of nitrogens with one attached hydrogen (secondary N) is 2. The first kappa shape index (κ1) is 17.0. The number of hydrogen-bond donors (Lipinski definition) is 2. The second-order valence-electron chi connectivity index (χ2n) is 6.46. The smallest absolute Gasteiger partial charge is 0.352 e. The maximum absolute atomic E-state index is 14.1. The third-order valence-electron chi connectivity index (χ3n) is 4.55. The summed E-state index contributed by atoms with van der Waals surface area (Å²) in [5, 5.41) is 5.34. The maximum Gasteiger partial charge on any atom is 0.352 e. The number of amides is 1. The van der Waals surface area contributed by atoms with Crippen LogP contribution in [0.25, 0.3) is 0 Å². The molecule has 0 unspecified atom stereocenters. The van der Waals surface area contributed by atoms with Gasteiger partial charge in [0.15, 0.2) is 0 Å². The van der Waals surface area contributed by atoms with Crippen LogP contribution in [0.1, 0.15) is 37.7 Å². The van der Waals surface area contributed by atoms with Crippen LogP contribution < -0.4 is 10.6 Å². The lowest BCUT2D eigenvalue weighted by Crippen LogP contribution is -2.52. The van der Waals surface area contributed by atoms with E-state index in [1.807, 2.05) is 0 Å². The van der Waals surface area contributed by atoms with Crippen molar-refractivity contribution in [2.24, 2.45) is 5.92 Å². The summed E-state index contributed by atoms with van der Waals surface area (Å²) in [7, 11) is 0. The number of aromatic nitrogens is 2. The highest BCUT2D eigenvalue weighted by Gasteiger charge is 2.43. The van der Waals surface area contributed by atoms with Gasteiger partial charge in [-0.25, -0.2) is 9.97 Å². The molecule has 1 amide bonds. The SMILES string of the molecule is O=C(NC1COC1)C(F)(F)c1cnc(NCC2CCCCC2)nc1. The minimum atomic E-state index is -3.66. The third-order valence-corrected chi connectivity index (χ3v) is 4.55. The van der Waals surface area contributed by atoms with Crippen molar-refractivity contribution in [1.29, 1.82) is 0 Å². The zero-order valence-corrected chi connectivity index (χ0v) is 13.4. The number of rotatable bonds is 6. The summed E-state index contributed by atoms with van der Waals surface area (Å²) in [6, 6.07) is -0.347. The van der Waals surface area contributed by atoms with E-state index < -0.39 is 17.4 Å². The Bertz CT molecular complexity index is 558. The van der Waals surface area contributed by atoms with Crippen LogP contribution in [0.15, 0.2) is 12.4 Å². The zero-order valence-electron chi connectivity index (χ0n) is 13.4. The van der Waals surface area contributed by atoms with Crippen LogP contribution in [0, 0.1) is 5.92 Å². The highest BCUT2D eigenvalue weighted by molar-refractivity contribution is 5.84. The van der Waals surface area contributed by atoms with E-state index in [0.29, 0.717) is 11.9 Å². The maximum atomic E-state index is 14.1. The van der Waals surface area contributed by atoms with Gasteiger partial charge in [0.1, 0.15) is 0 Å². The summed E-state index contributed by atoms with van der Waals surface area (Å²) in [6.07, 6.45) is 8.12. The number of carbonyl (C=O) groups is 1. The molecule has 1 aliphatic heterocycles. The number of halogens is 2. The van der Waals surface area contributed by atoms with Gasteiger partial charge >= 0.3 is 5.92 Å². The molecular weight excluding hydrogens is 318 g/mol. The first-order chi connectivity index (χ1) is 11.6. The summed E-state index contributed by atoms with van der Waals surface area (Å²) < 4.78 is 33.1. The van der Waals surface area contributed by atoms with E-state index in [2.05, 4.69) is 20.6 Å². The highest BCUT2D eigenvalue weighted by Crippen LogP contribution is 2.28. The lowest BCUT2D eigenvalue weighted by atomic mass is 9.89. The minimum Gasteiger partial charge on any atom is -0.377 e. The Morgan fingerprint density at radius 1 is 1.21 bits per heavy atom. The summed E-state index contributed by atoms with van der Waals surface area (Å²) in [5.41, 5.74) is -0.511. The summed E-state index contributed by atoms with van der Waals surface area (Å²) >= 11 is 0. The molecule has 0 bridgehead atoms. The molecule has 24 heavy (non-hydrogen) atoms. The van der Waals surface area contributed by atoms with Crippen LogP contribution in [-0.4, -0.2) is 41.7 Å². The van der Waals surface area contributed by atoms with Crippen LogP contribution in [0.3, 0.4) is 0 Å². The fourth-order valence-electron chi connectivity index (χ4n) is 2.93. The van der Waals surface area contributed by atoms with Gasteiger partial charge in [0.05, 0.1) is 24.8 Å². The van der Waals surface area contributed by atoms with Gasteiger partial charge in [-0.1, -0.05) is 19.3 Å². The molecule has 0 spiro atoms. The fourth-order valence-corrected chi connectivity index (χ4v) is 2.93. The Kier molecular flexibility index (Phi) is 5.23. The van der Waals surface area contributed by atoms with Crippen molar-refractivity contribution in [3.05, 3.63) is 18.0 Å². The van der Waals surface area contributed by atoms with E-state index in [9.17, 15) is 13.6 Å². The predicted molar refractivity (Wildman–Crippen MR) is 83.7 cm³/mol. The number of nitrogens with zero attached hydrogens (tertiary/aromatic N) is 2. The summed E-state index contributed by atoms with van der Waals surface area (Å²) in [6.45, 7) is 1.28. The fraction of sp³-hybridized carbons (Fsp3) is 0.688. The lowest BCUT2D eigenvalue weighted by molar-refractivity contribution is -0.151. The quantitative estimate of drug-likeness (QED) is 0.829. The third kappa shape index (κ3) is 3.98. The summed E-state index contributed by atoms with van der Waals surface area (Å²) in [5.74, 6) is -4.11. The molecule has 2 heterocycles. The van der Waals surface area contributed by atoms with E-state index >= 15 is 0 Å². The second-order valence-corrected chi connectivity index (χ2v) is 6.46. The number of alkyl halides is 2. The molecule has 0 aromatic carbocycles. The number of anilines is 1. The molecule has 2 N–H and O–H groups in total. The Hall–Kier alpha value is -1.83. The molecule has 1 aromatic rings. The Labute approximate surface area is 139 Å². The van der Waals surface area contributed by atoms with Crippen LogP contribution >= 0.6 is 0 Å². The zero-order chi connectivity index (χ0) is 17.0. The van der Waals surface area contributed by atoms with Gasteiger partial charge in [-0.3, -0.25) is 4.79 Å². The number of ether oxygens (including phenoxy) is 1. The molecule has 8 heteroatoms. The Balaban J connectivity index is 1.55. The van der Waals surface area contributed by atoms with Gasteiger partial charge in [-0.05, 0) is 18.8 Å². The van der Waals surface area contributed by atoms with E-state index in [4.69, 9.17) is 4.74 Å². The summed E-state index contributed by atoms with van der Waals surface area (Å²) in [4.78, 5) is 19.5. The molecule has 132 valence electrons. The number of carbonyl (C=O) groups excluding carboxylic acids is 1.